The van der Waals surface area contributed by atoms with E-state index < -0.39 is 0 Å². The number of amidine groups is 1. The molecule has 1 aromatic rings. The van der Waals surface area contributed by atoms with Gasteiger partial charge in [0.2, 0.25) is 0 Å². The molecule has 0 heterocycles. The molecule has 1 aliphatic rings. The Labute approximate surface area is 115 Å². The predicted octanol–water partition coefficient (Wildman–Crippen LogP) is 3.77. The van der Waals surface area contributed by atoms with Gasteiger partial charge in [0.15, 0.2) is 5.84 Å². The van der Waals surface area contributed by atoms with Gasteiger partial charge in [-0.3, -0.25) is 4.99 Å². The zero-order chi connectivity index (χ0) is 14.0. The van der Waals surface area contributed by atoms with Crippen molar-refractivity contribution >= 4 is 5.84 Å². The molecule has 102 valence electrons. The maximum absolute atomic E-state index is 7.36. The Morgan fingerprint density at radius 3 is 2.47 bits per heavy atom. The van der Waals surface area contributed by atoms with Crippen molar-refractivity contribution in [3.05, 3.63) is 35.4 Å². The van der Waals surface area contributed by atoms with Crippen LogP contribution in [0.2, 0.25) is 0 Å². The molecule has 2 rings (SSSR count). The van der Waals surface area contributed by atoms with Gasteiger partial charge in [-0.25, -0.2) is 5.01 Å². The summed E-state index contributed by atoms with van der Waals surface area (Å²) in [5.41, 5.74) is 9.78. The van der Waals surface area contributed by atoms with Gasteiger partial charge in [0.25, 0.3) is 0 Å². The zero-order valence-corrected chi connectivity index (χ0v) is 12.1. The Balaban J connectivity index is 2.36. The summed E-state index contributed by atoms with van der Waals surface area (Å²) in [6.07, 6.45) is 2.20. The third-order valence-electron chi connectivity index (χ3n) is 3.42. The summed E-state index contributed by atoms with van der Waals surface area (Å²) in [7, 11) is 1.76. The molecule has 0 unspecified atom stereocenters. The van der Waals surface area contributed by atoms with Crippen molar-refractivity contribution in [2.75, 3.05) is 7.05 Å². The first-order valence-corrected chi connectivity index (χ1v) is 6.71. The largest absolute Gasteiger partial charge is 0.270 e. The molecule has 0 spiro atoms. The van der Waals surface area contributed by atoms with Gasteiger partial charge < -0.3 is 0 Å². The number of hydrogen-bond donors (Lipinski definition) is 1. The van der Waals surface area contributed by atoms with Crippen LogP contribution in [0.4, 0.5) is 0 Å². The maximum Gasteiger partial charge on any atom is 0.152 e. The first-order chi connectivity index (χ1) is 8.97. The minimum atomic E-state index is 0.109. The standard InChI is InChI=1S/C15H22N4/c1-15(2,3)12-7-5-6-11(10-12)14(17-4)19(18-16)13-8-9-13/h5-7,10,13,16H,8-9H2,1-4H3/b17-14-,18-16?. The van der Waals surface area contributed by atoms with E-state index >= 15 is 0 Å². The average molecular weight is 258 g/mol. The fraction of sp³-hybridized carbons (Fsp3) is 0.533. The van der Waals surface area contributed by atoms with E-state index in [2.05, 4.69) is 49.2 Å². The molecule has 0 bridgehead atoms. The number of hydrogen-bond acceptors (Lipinski definition) is 3. The highest BCUT2D eigenvalue weighted by atomic mass is 15.6. The van der Waals surface area contributed by atoms with Crippen LogP contribution in [0, 0.1) is 5.53 Å². The molecule has 1 N–H and O–H groups in total. The summed E-state index contributed by atoms with van der Waals surface area (Å²) in [6.45, 7) is 6.59. The molecule has 19 heavy (non-hydrogen) atoms. The van der Waals surface area contributed by atoms with E-state index in [1.54, 1.807) is 12.1 Å². The quantitative estimate of drug-likeness (QED) is 0.381. The molecule has 4 nitrogen and oxygen atoms in total. The molecule has 0 aliphatic heterocycles. The number of rotatable bonds is 3. The molecule has 0 radical (unpaired) electrons. The Morgan fingerprint density at radius 1 is 1.32 bits per heavy atom. The van der Waals surface area contributed by atoms with Crippen molar-refractivity contribution in [2.24, 2.45) is 10.2 Å². The summed E-state index contributed by atoms with van der Waals surface area (Å²) in [5, 5.41) is 5.38. The first kappa shape index (κ1) is 13.7. The normalized spacial score (nSPS) is 16.3. The number of nitrogens with zero attached hydrogens (tertiary/aromatic N) is 3. The van der Waals surface area contributed by atoms with Crippen molar-refractivity contribution in [2.45, 2.75) is 45.1 Å². The third-order valence-corrected chi connectivity index (χ3v) is 3.42. The van der Waals surface area contributed by atoms with E-state index in [1.165, 1.54) is 5.56 Å². The lowest BCUT2D eigenvalue weighted by atomic mass is 9.86. The molecule has 0 saturated heterocycles. The number of aliphatic imine (C=N–C) groups is 1. The molecule has 1 fully saturated rings. The fourth-order valence-corrected chi connectivity index (χ4v) is 2.11. The minimum absolute atomic E-state index is 0.109. The highest BCUT2D eigenvalue weighted by Gasteiger charge is 2.32. The van der Waals surface area contributed by atoms with E-state index in [1.807, 2.05) is 6.07 Å². The van der Waals surface area contributed by atoms with Crippen LogP contribution >= 0.6 is 0 Å². The van der Waals surface area contributed by atoms with Crippen LogP contribution in [0.3, 0.4) is 0 Å². The lowest BCUT2D eigenvalue weighted by molar-refractivity contribution is 0.395. The first-order valence-electron chi connectivity index (χ1n) is 6.71. The molecule has 1 saturated carbocycles. The molecule has 4 heteroatoms. The topological polar surface area (TPSA) is 51.8 Å². The van der Waals surface area contributed by atoms with Crippen molar-refractivity contribution in [3.8, 4) is 0 Å². The minimum Gasteiger partial charge on any atom is -0.270 e. The van der Waals surface area contributed by atoms with Gasteiger partial charge >= 0.3 is 0 Å². The molecule has 1 aromatic carbocycles. The van der Waals surface area contributed by atoms with Crippen LogP contribution in [-0.4, -0.2) is 23.9 Å². The Bertz CT molecular complexity index is 495. The summed E-state index contributed by atoms with van der Waals surface area (Å²) in [4.78, 5) is 4.34. The summed E-state index contributed by atoms with van der Waals surface area (Å²) in [6, 6.07) is 8.74. The van der Waals surface area contributed by atoms with Gasteiger partial charge in [-0.2, -0.15) is 5.53 Å². The molecular weight excluding hydrogens is 236 g/mol. The third kappa shape index (κ3) is 3.00. The van der Waals surface area contributed by atoms with Crippen molar-refractivity contribution in [1.29, 1.82) is 5.53 Å². The SMILES string of the molecule is C/N=C(/c1cccc(C(C)(C)C)c1)N(N=N)C1CC1. The lowest BCUT2D eigenvalue weighted by Gasteiger charge is -2.22. The predicted molar refractivity (Wildman–Crippen MR) is 77.6 cm³/mol. The van der Waals surface area contributed by atoms with E-state index in [0.29, 0.717) is 6.04 Å². The van der Waals surface area contributed by atoms with Gasteiger partial charge in [0.05, 0.1) is 6.04 Å². The second-order valence-electron chi connectivity index (χ2n) is 6.05. The fourth-order valence-electron chi connectivity index (χ4n) is 2.11. The van der Waals surface area contributed by atoms with Gasteiger partial charge in [-0.15, -0.1) is 0 Å². The van der Waals surface area contributed by atoms with Crippen LogP contribution in [0.25, 0.3) is 0 Å². The molecular formula is C15H22N4. The van der Waals surface area contributed by atoms with Crippen LogP contribution in [0.15, 0.2) is 34.5 Å². The van der Waals surface area contributed by atoms with Gasteiger partial charge in [0, 0.05) is 12.6 Å². The van der Waals surface area contributed by atoms with Crippen molar-refractivity contribution in [3.63, 3.8) is 0 Å². The van der Waals surface area contributed by atoms with E-state index in [4.69, 9.17) is 5.53 Å². The molecule has 0 aromatic heterocycles. The van der Waals surface area contributed by atoms with E-state index in [-0.39, 0.29) is 5.41 Å². The van der Waals surface area contributed by atoms with Crippen molar-refractivity contribution in [1.82, 2.24) is 5.01 Å². The van der Waals surface area contributed by atoms with Crippen LogP contribution in [0.5, 0.6) is 0 Å². The number of nitrogens with one attached hydrogen (secondary N) is 1. The summed E-state index contributed by atoms with van der Waals surface area (Å²) < 4.78 is 0. The smallest absolute Gasteiger partial charge is 0.152 e. The van der Waals surface area contributed by atoms with Crippen LogP contribution < -0.4 is 0 Å². The highest BCUT2D eigenvalue weighted by Crippen LogP contribution is 2.30. The van der Waals surface area contributed by atoms with Gasteiger partial charge in [0.1, 0.15) is 0 Å². The van der Waals surface area contributed by atoms with Gasteiger partial charge in [-0.1, -0.05) is 44.2 Å². The Kier molecular flexibility index (Phi) is 3.69. The second-order valence-corrected chi connectivity index (χ2v) is 6.05. The Morgan fingerprint density at radius 2 is 2.00 bits per heavy atom. The monoisotopic (exact) mass is 258 g/mol. The molecule has 1 aliphatic carbocycles. The van der Waals surface area contributed by atoms with Crippen LogP contribution in [0.1, 0.15) is 44.7 Å². The molecule has 0 amide bonds. The summed E-state index contributed by atoms with van der Waals surface area (Å²) >= 11 is 0. The molecule has 0 atom stereocenters. The summed E-state index contributed by atoms with van der Waals surface area (Å²) in [5.74, 6) is 0.795. The highest BCUT2D eigenvalue weighted by molar-refractivity contribution is 5.99. The second kappa shape index (κ2) is 5.11. The van der Waals surface area contributed by atoms with E-state index in [0.717, 1.165) is 24.2 Å². The lowest BCUT2D eigenvalue weighted by Crippen LogP contribution is -2.28. The zero-order valence-electron chi connectivity index (χ0n) is 12.1. The van der Waals surface area contributed by atoms with E-state index in [9.17, 15) is 0 Å². The van der Waals surface area contributed by atoms with Crippen molar-refractivity contribution < 1.29 is 0 Å². The van der Waals surface area contributed by atoms with Crippen LogP contribution in [-0.2, 0) is 5.41 Å². The maximum atomic E-state index is 7.36. The number of benzene rings is 1. The average Bonchev–Trinajstić information content (AvgIpc) is 3.19. The Hall–Kier alpha value is -1.71. The van der Waals surface area contributed by atoms with Gasteiger partial charge in [-0.05, 0) is 29.9 Å².